The number of rotatable bonds is 0. The molecule has 1 aliphatic rings. The molecule has 11 heavy (non-hydrogen) atoms. The van der Waals surface area contributed by atoms with E-state index >= 15 is 0 Å². The van der Waals surface area contributed by atoms with Crippen molar-refractivity contribution in [1.82, 2.24) is 0 Å². The van der Waals surface area contributed by atoms with Crippen LogP contribution in [0.15, 0.2) is 12.1 Å². The van der Waals surface area contributed by atoms with Crippen LogP contribution < -0.4 is 0 Å². The summed E-state index contributed by atoms with van der Waals surface area (Å²) in [6.45, 7) is 2.03. The summed E-state index contributed by atoms with van der Waals surface area (Å²) in [5, 5.41) is 9.51. The van der Waals surface area contributed by atoms with Gasteiger partial charge >= 0.3 is 0 Å². The highest BCUT2D eigenvalue weighted by Crippen LogP contribution is 2.30. The Morgan fingerprint density at radius 3 is 2.91 bits per heavy atom. The molecule has 0 amide bonds. The van der Waals surface area contributed by atoms with Crippen molar-refractivity contribution in [3.8, 4) is 5.75 Å². The number of hydrogen-bond donors (Lipinski definition) is 1. The molecular formula is C10H12O. The van der Waals surface area contributed by atoms with Crippen LogP contribution in [0.2, 0.25) is 0 Å². The second-order valence-corrected chi connectivity index (χ2v) is 3.28. The van der Waals surface area contributed by atoms with Gasteiger partial charge in [0.1, 0.15) is 5.75 Å². The molecule has 1 aromatic carbocycles. The van der Waals surface area contributed by atoms with Gasteiger partial charge in [-0.05, 0) is 48.9 Å². The molecule has 0 aromatic heterocycles. The zero-order valence-corrected chi connectivity index (χ0v) is 6.72. The molecule has 0 spiro atoms. The van der Waals surface area contributed by atoms with E-state index in [0.717, 1.165) is 12.8 Å². The lowest BCUT2D eigenvalue weighted by Gasteiger charge is -2.03. The van der Waals surface area contributed by atoms with Gasteiger partial charge in [-0.2, -0.15) is 0 Å². The van der Waals surface area contributed by atoms with E-state index in [-0.39, 0.29) is 0 Å². The van der Waals surface area contributed by atoms with E-state index in [1.807, 2.05) is 13.0 Å². The van der Waals surface area contributed by atoms with Crippen LogP contribution in [-0.2, 0) is 12.8 Å². The van der Waals surface area contributed by atoms with Crippen LogP contribution in [0.4, 0.5) is 0 Å². The normalized spacial score (nSPS) is 15.0. The lowest BCUT2D eigenvalue weighted by atomic mass is 10.1. The Morgan fingerprint density at radius 1 is 1.27 bits per heavy atom. The van der Waals surface area contributed by atoms with Gasteiger partial charge in [-0.15, -0.1) is 0 Å². The topological polar surface area (TPSA) is 20.2 Å². The van der Waals surface area contributed by atoms with Crippen molar-refractivity contribution in [2.24, 2.45) is 0 Å². The lowest BCUT2D eigenvalue weighted by Crippen LogP contribution is -1.84. The van der Waals surface area contributed by atoms with Gasteiger partial charge in [0.15, 0.2) is 0 Å². The van der Waals surface area contributed by atoms with Crippen LogP contribution in [0, 0.1) is 6.92 Å². The van der Waals surface area contributed by atoms with E-state index in [0.29, 0.717) is 5.75 Å². The predicted octanol–water partition coefficient (Wildman–Crippen LogP) is 2.19. The monoisotopic (exact) mass is 148 g/mol. The summed E-state index contributed by atoms with van der Waals surface area (Å²) in [5.41, 5.74) is 3.70. The molecule has 2 rings (SSSR count). The minimum atomic E-state index is 0.498. The number of aryl methyl sites for hydroxylation is 2. The third kappa shape index (κ3) is 1.01. The molecule has 0 heterocycles. The summed E-state index contributed by atoms with van der Waals surface area (Å²) in [7, 11) is 0. The van der Waals surface area contributed by atoms with Crippen molar-refractivity contribution in [2.75, 3.05) is 0 Å². The Morgan fingerprint density at radius 2 is 2.09 bits per heavy atom. The number of hydrogen-bond acceptors (Lipinski definition) is 1. The fraction of sp³-hybridized carbons (Fsp3) is 0.400. The summed E-state index contributed by atoms with van der Waals surface area (Å²) in [6.07, 6.45) is 3.40. The Bertz CT molecular complexity index is 289. The molecule has 0 saturated heterocycles. The van der Waals surface area contributed by atoms with Crippen molar-refractivity contribution < 1.29 is 5.11 Å². The van der Waals surface area contributed by atoms with Crippen molar-refractivity contribution in [2.45, 2.75) is 26.2 Å². The molecule has 0 unspecified atom stereocenters. The van der Waals surface area contributed by atoms with Gasteiger partial charge in [-0.25, -0.2) is 0 Å². The summed E-state index contributed by atoms with van der Waals surface area (Å²) in [5.74, 6) is 0.498. The second-order valence-electron chi connectivity index (χ2n) is 3.28. The van der Waals surface area contributed by atoms with Crippen molar-refractivity contribution in [3.63, 3.8) is 0 Å². The van der Waals surface area contributed by atoms with Gasteiger partial charge < -0.3 is 5.11 Å². The molecule has 0 fully saturated rings. The Balaban J connectivity index is 2.60. The highest BCUT2D eigenvalue weighted by molar-refractivity contribution is 5.44. The quantitative estimate of drug-likeness (QED) is 0.598. The van der Waals surface area contributed by atoms with Crippen LogP contribution in [0.3, 0.4) is 0 Å². The molecule has 1 nitrogen and oxygen atoms in total. The zero-order chi connectivity index (χ0) is 7.84. The van der Waals surface area contributed by atoms with E-state index in [9.17, 15) is 5.11 Å². The van der Waals surface area contributed by atoms with Crippen LogP contribution in [-0.4, -0.2) is 5.11 Å². The SMILES string of the molecule is Cc1cc(O)c2c(c1)CCC2. The Kier molecular flexibility index (Phi) is 1.38. The van der Waals surface area contributed by atoms with E-state index in [4.69, 9.17) is 0 Å². The molecule has 0 radical (unpaired) electrons. The predicted molar refractivity (Wildman–Crippen MR) is 44.9 cm³/mol. The maximum atomic E-state index is 9.51. The summed E-state index contributed by atoms with van der Waals surface area (Å²) in [4.78, 5) is 0. The summed E-state index contributed by atoms with van der Waals surface area (Å²) < 4.78 is 0. The average molecular weight is 148 g/mol. The van der Waals surface area contributed by atoms with Crippen LogP contribution >= 0.6 is 0 Å². The first-order valence-electron chi connectivity index (χ1n) is 4.09. The standard InChI is InChI=1S/C10H12O/c1-7-5-8-3-2-4-9(8)10(11)6-7/h5-6,11H,2-4H2,1H3. The van der Waals surface area contributed by atoms with Crippen molar-refractivity contribution >= 4 is 0 Å². The van der Waals surface area contributed by atoms with Crippen molar-refractivity contribution in [1.29, 1.82) is 0 Å². The van der Waals surface area contributed by atoms with Gasteiger partial charge in [-0.3, -0.25) is 0 Å². The van der Waals surface area contributed by atoms with Crippen LogP contribution in [0.25, 0.3) is 0 Å². The molecule has 0 atom stereocenters. The first-order valence-corrected chi connectivity index (χ1v) is 4.09. The van der Waals surface area contributed by atoms with E-state index in [1.54, 1.807) is 0 Å². The largest absolute Gasteiger partial charge is 0.508 e. The van der Waals surface area contributed by atoms with E-state index in [1.165, 1.54) is 23.1 Å². The Labute approximate surface area is 66.7 Å². The van der Waals surface area contributed by atoms with E-state index in [2.05, 4.69) is 6.07 Å². The van der Waals surface area contributed by atoms with Crippen molar-refractivity contribution in [3.05, 3.63) is 28.8 Å². The average Bonchev–Trinajstić information content (AvgIpc) is 2.34. The summed E-state index contributed by atoms with van der Waals surface area (Å²) >= 11 is 0. The number of phenols is 1. The Hall–Kier alpha value is -0.980. The highest BCUT2D eigenvalue weighted by Gasteiger charge is 2.14. The summed E-state index contributed by atoms with van der Waals surface area (Å²) in [6, 6.07) is 4.03. The molecular weight excluding hydrogens is 136 g/mol. The van der Waals surface area contributed by atoms with Gasteiger partial charge in [0.2, 0.25) is 0 Å². The van der Waals surface area contributed by atoms with Gasteiger partial charge in [-0.1, -0.05) is 6.07 Å². The molecule has 58 valence electrons. The van der Waals surface area contributed by atoms with Gasteiger partial charge in [0.25, 0.3) is 0 Å². The molecule has 1 aromatic rings. The molecule has 1 aliphatic carbocycles. The first-order chi connectivity index (χ1) is 5.27. The number of phenolic OH excluding ortho intramolecular Hbond substituents is 1. The number of benzene rings is 1. The maximum Gasteiger partial charge on any atom is 0.119 e. The lowest BCUT2D eigenvalue weighted by molar-refractivity contribution is 0.468. The van der Waals surface area contributed by atoms with Crippen LogP contribution in [0.1, 0.15) is 23.1 Å². The highest BCUT2D eigenvalue weighted by atomic mass is 16.3. The fourth-order valence-corrected chi connectivity index (χ4v) is 1.84. The zero-order valence-electron chi connectivity index (χ0n) is 6.72. The smallest absolute Gasteiger partial charge is 0.119 e. The second kappa shape index (κ2) is 2.26. The molecule has 0 bridgehead atoms. The van der Waals surface area contributed by atoms with Gasteiger partial charge in [0.05, 0.1) is 0 Å². The third-order valence-electron chi connectivity index (χ3n) is 2.34. The molecule has 1 N–H and O–H groups in total. The fourth-order valence-electron chi connectivity index (χ4n) is 1.84. The molecule has 0 aliphatic heterocycles. The van der Waals surface area contributed by atoms with Crippen LogP contribution in [0.5, 0.6) is 5.75 Å². The molecule has 0 saturated carbocycles. The first kappa shape index (κ1) is 6.71. The van der Waals surface area contributed by atoms with E-state index < -0.39 is 0 Å². The van der Waals surface area contributed by atoms with Gasteiger partial charge in [0, 0.05) is 0 Å². The number of aromatic hydroxyl groups is 1. The third-order valence-corrected chi connectivity index (χ3v) is 2.34. The molecule has 1 heteroatoms. The number of fused-ring (bicyclic) bond motifs is 1. The maximum absolute atomic E-state index is 9.51. The minimum absolute atomic E-state index is 0.498. The minimum Gasteiger partial charge on any atom is -0.508 e.